The number of carbonyl (C=O) groups is 1. The highest BCUT2D eigenvalue weighted by Gasteiger charge is 2.14. The van der Waals surface area contributed by atoms with E-state index in [1.165, 1.54) is 0 Å². The molecule has 5 heteroatoms. The zero-order valence-corrected chi connectivity index (χ0v) is 12.6. The fraction of sp³-hybridized carbons (Fsp3) is 0.294. The molecule has 1 unspecified atom stereocenters. The molecule has 0 aliphatic carbocycles. The number of nitrogens with zero attached hydrogens (tertiary/aromatic N) is 2. The molecule has 0 spiro atoms. The molecule has 1 aromatic carbocycles. The zero-order chi connectivity index (χ0) is 15.8. The first kappa shape index (κ1) is 16.0. The minimum absolute atomic E-state index is 0.230. The molecule has 22 heavy (non-hydrogen) atoms. The van der Waals surface area contributed by atoms with Crippen molar-refractivity contribution in [1.29, 1.82) is 0 Å². The summed E-state index contributed by atoms with van der Waals surface area (Å²) in [4.78, 5) is 11.8. The normalized spacial score (nSPS) is 11.9. The van der Waals surface area contributed by atoms with Crippen LogP contribution in [0.3, 0.4) is 0 Å². The van der Waals surface area contributed by atoms with Crippen molar-refractivity contribution in [1.82, 2.24) is 9.78 Å². The summed E-state index contributed by atoms with van der Waals surface area (Å²) in [6, 6.07) is 9.55. The highest BCUT2D eigenvalue weighted by atomic mass is 16.6. The SMILES string of the molecule is C=CCCOC(C)C(=O)OCc1ccc(-n2cccn2)cc1. The molecular weight excluding hydrogens is 280 g/mol. The van der Waals surface area contributed by atoms with Crippen molar-refractivity contribution >= 4 is 5.97 Å². The Balaban J connectivity index is 1.81. The maximum absolute atomic E-state index is 11.8. The molecule has 0 saturated carbocycles. The average molecular weight is 300 g/mol. The monoisotopic (exact) mass is 300 g/mol. The van der Waals surface area contributed by atoms with E-state index in [0.717, 1.165) is 11.3 Å². The minimum Gasteiger partial charge on any atom is -0.459 e. The van der Waals surface area contributed by atoms with Crippen LogP contribution in [0.2, 0.25) is 0 Å². The molecule has 1 atom stereocenters. The summed E-state index contributed by atoms with van der Waals surface area (Å²) in [5.41, 5.74) is 1.88. The number of rotatable bonds is 8. The molecule has 0 bridgehead atoms. The zero-order valence-electron chi connectivity index (χ0n) is 12.6. The van der Waals surface area contributed by atoms with Crippen molar-refractivity contribution in [2.75, 3.05) is 6.61 Å². The van der Waals surface area contributed by atoms with Crippen LogP contribution < -0.4 is 0 Å². The van der Waals surface area contributed by atoms with Crippen LogP contribution in [0.1, 0.15) is 18.9 Å². The van der Waals surface area contributed by atoms with Crippen LogP contribution in [0.5, 0.6) is 0 Å². The van der Waals surface area contributed by atoms with Gasteiger partial charge in [-0.15, -0.1) is 6.58 Å². The summed E-state index contributed by atoms with van der Waals surface area (Å²) in [6.07, 6.45) is 5.50. The van der Waals surface area contributed by atoms with Crippen LogP contribution in [0.15, 0.2) is 55.4 Å². The number of carbonyl (C=O) groups excluding carboxylic acids is 1. The number of aromatic nitrogens is 2. The lowest BCUT2D eigenvalue weighted by Crippen LogP contribution is -2.23. The van der Waals surface area contributed by atoms with Crippen molar-refractivity contribution in [3.05, 3.63) is 60.9 Å². The van der Waals surface area contributed by atoms with Gasteiger partial charge in [0.15, 0.2) is 6.10 Å². The molecule has 0 N–H and O–H groups in total. The fourth-order valence-electron chi connectivity index (χ4n) is 1.83. The standard InChI is InChI=1S/C17H20N2O3/c1-3-4-12-21-14(2)17(20)22-13-15-6-8-16(9-7-15)19-11-5-10-18-19/h3,5-11,14H,1,4,12-13H2,2H3. The summed E-state index contributed by atoms with van der Waals surface area (Å²) < 4.78 is 12.4. The first-order valence-corrected chi connectivity index (χ1v) is 7.19. The second kappa shape index (κ2) is 8.14. The summed E-state index contributed by atoms with van der Waals surface area (Å²) in [7, 11) is 0. The van der Waals surface area contributed by atoms with Gasteiger partial charge < -0.3 is 9.47 Å². The van der Waals surface area contributed by atoms with Gasteiger partial charge in [0.1, 0.15) is 6.61 Å². The van der Waals surface area contributed by atoms with Crippen LogP contribution in [-0.4, -0.2) is 28.5 Å². The van der Waals surface area contributed by atoms with Crippen molar-refractivity contribution in [2.24, 2.45) is 0 Å². The average Bonchev–Trinajstić information content (AvgIpc) is 3.07. The molecule has 0 saturated heterocycles. The van der Waals surface area contributed by atoms with Crippen molar-refractivity contribution in [3.8, 4) is 5.69 Å². The molecule has 0 radical (unpaired) electrons. The van der Waals surface area contributed by atoms with E-state index in [1.807, 2.05) is 36.5 Å². The number of hydrogen-bond acceptors (Lipinski definition) is 4. The van der Waals surface area contributed by atoms with Crippen LogP contribution in [0, 0.1) is 0 Å². The van der Waals surface area contributed by atoms with Gasteiger partial charge in [-0.2, -0.15) is 5.10 Å². The van der Waals surface area contributed by atoms with Crippen LogP contribution in [0.25, 0.3) is 5.69 Å². The Morgan fingerprint density at radius 1 is 1.41 bits per heavy atom. The van der Waals surface area contributed by atoms with Crippen molar-refractivity contribution in [2.45, 2.75) is 26.1 Å². The summed E-state index contributed by atoms with van der Waals surface area (Å²) in [5.74, 6) is -0.361. The van der Waals surface area contributed by atoms with Gasteiger partial charge in [0.25, 0.3) is 0 Å². The quantitative estimate of drug-likeness (QED) is 0.427. The smallest absolute Gasteiger partial charge is 0.335 e. The third-order valence-electron chi connectivity index (χ3n) is 3.11. The second-order valence-electron chi connectivity index (χ2n) is 4.82. The molecule has 1 heterocycles. The third-order valence-corrected chi connectivity index (χ3v) is 3.11. The Kier molecular flexibility index (Phi) is 5.91. The Bertz CT molecular complexity index is 591. The van der Waals surface area contributed by atoms with Crippen LogP contribution >= 0.6 is 0 Å². The van der Waals surface area contributed by atoms with E-state index in [4.69, 9.17) is 9.47 Å². The first-order chi connectivity index (χ1) is 10.7. The molecule has 0 aliphatic heterocycles. The van der Waals surface area contributed by atoms with E-state index in [9.17, 15) is 4.79 Å². The maximum Gasteiger partial charge on any atom is 0.335 e. The number of hydrogen-bond donors (Lipinski definition) is 0. The van der Waals surface area contributed by atoms with E-state index in [1.54, 1.807) is 23.9 Å². The Morgan fingerprint density at radius 2 is 2.18 bits per heavy atom. The van der Waals surface area contributed by atoms with Gasteiger partial charge in [-0.25, -0.2) is 9.48 Å². The van der Waals surface area contributed by atoms with Gasteiger partial charge in [0.2, 0.25) is 0 Å². The molecule has 0 fully saturated rings. The lowest BCUT2D eigenvalue weighted by Gasteiger charge is -2.12. The van der Waals surface area contributed by atoms with E-state index in [0.29, 0.717) is 13.0 Å². The molecule has 0 aliphatic rings. The molecule has 2 aromatic rings. The Morgan fingerprint density at radius 3 is 2.82 bits per heavy atom. The summed E-state index contributed by atoms with van der Waals surface area (Å²) in [6.45, 7) is 5.99. The van der Waals surface area contributed by atoms with E-state index >= 15 is 0 Å². The minimum atomic E-state index is -0.566. The Hall–Kier alpha value is -2.40. The molecule has 116 valence electrons. The van der Waals surface area contributed by atoms with Gasteiger partial charge in [0.05, 0.1) is 12.3 Å². The van der Waals surface area contributed by atoms with Gasteiger partial charge in [-0.05, 0) is 37.1 Å². The highest BCUT2D eigenvalue weighted by Crippen LogP contribution is 2.10. The lowest BCUT2D eigenvalue weighted by molar-refractivity contribution is -0.157. The van der Waals surface area contributed by atoms with Crippen molar-refractivity contribution in [3.63, 3.8) is 0 Å². The van der Waals surface area contributed by atoms with E-state index in [2.05, 4.69) is 11.7 Å². The predicted octanol–water partition coefficient (Wildman–Crippen LogP) is 2.90. The lowest BCUT2D eigenvalue weighted by atomic mass is 10.2. The number of esters is 1. The predicted molar refractivity (Wildman–Crippen MR) is 83.6 cm³/mol. The van der Waals surface area contributed by atoms with Gasteiger partial charge in [0, 0.05) is 12.4 Å². The maximum atomic E-state index is 11.8. The third kappa shape index (κ3) is 4.56. The summed E-state index contributed by atoms with van der Waals surface area (Å²) in [5, 5.41) is 4.16. The second-order valence-corrected chi connectivity index (χ2v) is 4.82. The number of benzene rings is 1. The molecule has 0 amide bonds. The number of ether oxygens (including phenoxy) is 2. The van der Waals surface area contributed by atoms with E-state index in [-0.39, 0.29) is 12.6 Å². The van der Waals surface area contributed by atoms with Gasteiger partial charge in [-0.1, -0.05) is 18.2 Å². The topological polar surface area (TPSA) is 53.4 Å². The summed E-state index contributed by atoms with van der Waals surface area (Å²) >= 11 is 0. The molecule has 5 nitrogen and oxygen atoms in total. The van der Waals surface area contributed by atoms with Gasteiger partial charge in [-0.3, -0.25) is 0 Å². The van der Waals surface area contributed by atoms with Gasteiger partial charge >= 0.3 is 5.97 Å². The first-order valence-electron chi connectivity index (χ1n) is 7.19. The van der Waals surface area contributed by atoms with E-state index < -0.39 is 6.10 Å². The van der Waals surface area contributed by atoms with Crippen molar-refractivity contribution < 1.29 is 14.3 Å². The molecule has 2 rings (SSSR count). The molecule has 1 aromatic heterocycles. The molecular formula is C17H20N2O3. The van der Waals surface area contributed by atoms with Crippen LogP contribution in [-0.2, 0) is 20.9 Å². The fourth-order valence-corrected chi connectivity index (χ4v) is 1.83. The largest absolute Gasteiger partial charge is 0.459 e. The highest BCUT2D eigenvalue weighted by molar-refractivity contribution is 5.74. The van der Waals surface area contributed by atoms with Crippen LogP contribution in [0.4, 0.5) is 0 Å². The Labute approximate surface area is 130 Å².